The van der Waals surface area contributed by atoms with E-state index in [-0.39, 0.29) is 24.0 Å². The lowest BCUT2D eigenvalue weighted by atomic mass is 10.0. The highest BCUT2D eigenvalue weighted by Gasteiger charge is 2.29. The van der Waals surface area contributed by atoms with E-state index in [1.807, 2.05) is 28.7 Å². The summed E-state index contributed by atoms with van der Waals surface area (Å²) in [4.78, 5) is 24.8. The lowest BCUT2D eigenvalue weighted by Crippen LogP contribution is -2.29. The van der Waals surface area contributed by atoms with Gasteiger partial charge < -0.3 is 15.1 Å². The van der Waals surface area contributed by atoms with Gasteiger partial charge in [0.2, 0.25) is 0 Å². The quantitative estimate of drug-likeness (QED) is 0.606. The van der Waals surface area contributed by atoms with Crippen molar-refractivity contribution in [2.45, 2.75) is 19.3 Å². The first-order valence-corrected chi connectivity index (χ1v) is 8.73. The number of rotatable bonds is 4. The van der Waals surface area contributed by atoms with Crippen LogP contribution >= 0.6 is 45.2 Å². The molecule has 0 radical (unpaired) electrons. The number of hydrogen-bond acceptors (Lipinski definition) is 3. The van der Waals surface area contributed by atoms with Gasteiger partial charge in [-0.15, -0.1) is 0 Å². The van der Waals surface area contributed by atoms with Gasteiger partial charge in [0.15, 0.2) is 0 Å². The smallest absolute Gasteiger partial charge is 0.303 e. The topological polar surface area (TPSA) is 77.8 Å². The number of hydrogen-bond donors (Lipinski definition) is 2. The molecule has 1 heterocycles. The van der Waals surface area contributed by atoms with E-state index in [0.717, 1.165) is 9.99 Å². The van der Waals surface area contributed by atoms with E-state index in [0.29, 0.717) is 28.6 Å². The Morgan fingerprint density at radius 3 is 2.71 bits per heavy atom. The molecule has 1 aromatic carbocycles. The van der Waals surface area contributed by atoms with E-state index in [2.05, 4.69) is 22.6 Å². The second-order valence-electron chi connectivity index (χ2n) is 5.12. The molecule has 1 saturated heterocycles. The van der Waals surface area contributed by atoms with Crippen molar-refractivity contribution >= 4 is 57.1 Å². The van der Waals surface area contributed by atoms with Gasteiger partial charge in [-0.3, -0.25) is 9.59 Å². The molecule has 21 heavy (non-hydrogen) atoms. The predicted octanol–water partition coefficient (Wildman–Crippen LogP) is 2.93. The number of aromatic hydroxyl groups is 1. The van der Waals surface area contributed by atoms with Crippen molar-refractivity contribution in [3.05, 3.63) is 24.8 Å². The summed E-state index contributed by atoms with van der Waals surface area (Å²) in [5.41, 5.74) is 0.324. The third-order valence-corrected chi connectivity index (χ3v) is 5.04. The van der Waals surface area contributed by atoms with E-state index < -0.39 is 5.97 Å². The third-order valence-electron chi connectivity index (χ3n) is 3.60. The molecule has 7 heteroatoms. The minimum absolute atomic E-state index is 0.0231. The Morgan fingerprint density at radius 2 is 2.05 bits per heavy atom. The maximum Gasteiger partial charge on any atom is 0.303 e. The number of nitrogens with zero attached hydrogens (tertiary/aromatic N) is 1. The van der Waals surface area contributed by atoms with Crippen molar-refractivity contribution in [1.29, 1.82) is 0 Å². The fourth-order valence-electron chi connectivity index (χ4n) is 2.48. The normalized spacial score (nSPS) is 18.0. The van der Waals surface area contributed by atoms with Gasteiger partial charge in [0.25, 0.3) is 5.91 Å². The molecule has 1 unspecified atom stereocenters. The van der Waals surface area contributed by atoms with Gasteiger partial charge in [0, 0.05) is 23.1 Å². The molecule has 0 spiro atoms. The third kappa shape index (κ3) is 4.21. The molecule has 1 aliphatic heterocycles. The summed E-state index contributed by atoms with van der Waals surface area (Å²) >= 11 is 4.12. The number of benzene rings is 1. The highest BCUT2D eigenvalue weighted by molar-refractivity contribution is 14.1. The zero-order valence-corrected chi connectivity index (χ0v) is 15.5. The minimum Gasteiger partial charge on any atom is -0.506 e. The molecule has 1 aromatic rings. The number of likely N-dealkylation sites (tertiary alicyclic amines) is 1. The van der Waals surface area contributed by atoms with Crippen molar-refractivity contribution in [3.8, 4) is 5.75 Å². The monoisotopic (exact) mass is 515 g/mol. The zero-order valence-electron chi connectivity index (χ0n) is 11.2. The molecule has 1 aliphatic rings. The van der Waals surface area contributed by atoms with E-state index in [1.165, 1.54) is 0 Å². The zero-order chi connectivity index (χ0) is 15.6. The van der Waals surface area contributed by atoms with Gasteiger partial charge >= 0.3 is 5.97 Å². The number of phenolic OH excluding ortho intramolecular Hbond substituents is 1. The second-order valence-corrected chi connectivity index (χ2v) is 7.53. The van der Waals surface area contributed by atoms with E-state index in [9.17, 15) is 14.7 Å². The van der Waals surface area contributed by atoms with Gasteiger partial charge in [0.1, 0.15) is 5.75 Å². The van der Waals surface area contributed by atoms with Crippen LogP contribution in [0.25, 0.3) is 0 Å². The van der Waals surface area contributed by atoms with Gasteiger partial charge in [-0.2, -0.15) is 0 Å². The number of carbonyl (C=O) groups is 2. The van der Waals surface area contributed by atoms with Crippen molar-refractivity contribution in [1.82, 2.24) is 4.90 Å². The summed E-state index contributed by atoms with van der Waals surface area (Å²) < 4.78 is 1.56. The van der Waals surface area contributed by atoms with Crippen LogP contribution in [0.1, 0.15) is 29.6 Å². The van der Waals surface area contributed by atoms with E-state index in [1.54, 1.807) is 11.0 Å². The minimum atomic E-state index is -0.801. The Kier molecular flexibility index (Phi) is 5.69. The molecule has 2 rings (SSSR count). The molecule has 1 fully saturated rings. The molecule has 114 valence electrons. The average Bonchev–Trinajstić information content (AvgIpc) is 2.88. The predicted molar refractivity (Wildman–Crippen MR) is 94.4 cm³/mol. The SMILES string of the molecule is O=C(O)CCC1CCN(C(=O)c2cc(I)cc(I)c2O)C1. The molecule has 0 bridgehead atoms. The van der Waals surface area contributed by atoms with Crippen molar-refractivity contribution < 1.29 is 19.8 Å². The lowest BCUT2D eigenvalue weighted by molar-refractivity contribution is -0.137. The standard InChI is InChI=1S/C14H15I2NO4/c15-9-5-10(13(20)11(16)6-9)14(21)17-4-3-8(7-17)1-2-12(18)19/h5-6,8,20H,1-4,7H2,(H,18,19). The Bertz CT molecular complexity index is 576. The highest BCUT2D eigenvalue weighted by Crippen LogP contribution is 2.30. The van der Waals surface area contributed by atoms with Crippen LogP contribution in [-0.4, -0.2) is 40.1 Å². The van der Waals surface area contributed by atoms with Crippen molar-refractivity contribution in [2.24, 2.45) is 5.92 Å². The molecule has 0 saturated carbocycles. The maximum atomic E-state index is 12.5. The first-order chi connectivity index (χ1) is 9.88. The molecule has 0 aliphatic carbocycles. The summed E-state index contributed by atoms with van der Waals surface area (Å²) in [5.74, 6) is -0.726. The van der Waals surface area contributed by atoms with Gasteiger partial charge in [-0.05, 0) is 76.1 Å². The van der Waals surface area contributed by atoms with Crippen molar-refractivity contribution in [3.63, 3.8) is 0 Å². The number of aliphatic carboxylic acids is 1. The molecule has 1 amide bonds. The summed E-state index contributed by atoms with van der Waals surface area (Å²) in [5, 5.41) is 18.8. The molecular formula is C14H15I2NO4. The van der Waals surface area contributed by atoms with Gasteiger partial charge in [0.05, 0.1) is 9.13 Å². The molecule has 5 nitrogen and oxygen atoms in total. The Hall–Kier alpha value is -0.580. The Labute approximate surface area is 150 Å². The fraction of sp³-hybridized carbons (Fsp3) is 0.429. The number of halogens is 2. The Balaban J connectivity index is 2.07. The van der Waals surface area contributed by atoms with Gasteiger partial charge in [-0.25, -0.2) is 0 Å². The molecule has 2 N–H and O–H groups in total. The first-order valence-electron chi connectivity index (χ1n) is 6.57. The summed E-state index contributed by atoms with van der Waals surface area (Å²) in [6, 6.07) is 3.50. The number of carboxylic acids is 1. The van der Waals surface area contributed by atoms with Crippen LogP contribution in [0.15, 0.2) is 12.1 Å². The highest BCUT2D eigenvalue weighted by atomic mass is 127. The van der Waals surface area contributed by atoms with Crippen LogP contribution in [0.4, 0.5) is 0 Å². The van der Waals surface area contributed by atoms with Crippen LogP contribution in [-0.2, 0) is 4.79 Å². The van der Waals surface area contributed by atoms with E-state index in [4.69, 9.17) is 5.11 Å². The molecular weight excluding hydrogens is 500 g/mol. The first kappa shape index (κ1) is 16.8. The van der Waals surface area contributed by atoms with Gasteiger partial charge in [-0.1, -0.05) is 0 Å². The van der Waals surface area contributed by atoms with Crippen LogP contribution in [0, 0.1) is 13.1 Å². The number of phenols is 1. The average molecular weight is 515 g/mol. The lowest BCUT2D eigenvalue weighted by Gasteiger charge is -2.18. The summed E-state index contributed by atoms with van der Waals surface area (Å²) in [7, 11) is 0. The fourth-order valence-corrected chi connectivity index (χ4v) is 4.32. The number of carboxylic acid groups (broad SMARTS) is 1. The van der Waals surface area contributed by atoms with Crippen LogP contribution in [0.5, 0.6) is 5.75 Å². The van der Waals surface area contributed by atoms with Crippen molar-refractivity contribution in [2.75, 3.05) is 13.1 Å². The van der Waals surface area contributed by atoms with Crippen LogP contribution in [0.3, 0.4) is 0 Å². The largest absolute Gasteiger partial charge is 0.506 e. The Morgan fingerprint density at radius 1 is 1.33 bits per heavy atom. The van der Waals surface area contributed by atoms with Crippen LogP contribution in [0.2, 0.25) is 0 Å². The number of amides is 1. The maximum absolute atomic E-state index is 12.5. The second kappa shape index (κ2) is 7.12. The summed E-state index contributed by atoms with van der Waals surface area (Å²) in [6.07, 6.45) is 1.55. The van der Waals surface area contributed by atoms with E-state index >= 15 is 0 Å². The number of carbonyl (C=O) groups excluding carboxylic acids is 1. The molecule has 0 aromatic heterocycles. The van der Waals surface area contributed by atoms with Crippen LogP contribution < -0.4 is 0 Å². The molecule has 1 atom stereocenters. The summed E-state index contributed by atoms with van der Waals surface area (Å²) in [6.45, 7) is 1.18.